The summed E-state index contributed by atoms with van der Waals surface area (Å²) >= 11 is 0. The van der Waals surface area contributed by atoms with Crippen molar-refractivity contribution in [2.24, 2.45) is 0 Å². The number of aromatic nitrogens is 7. The summed E-state index contributed by atoms with van der Waals surface area (Å²) in [5.41, 5.74) is 13.9. The summed E-state index contributed by atoms with van der Waals surface area (Å²) in [6.45, 7) is 0. The van der Waals surface area contributed by atoms with E-state index in [1.54, 1.807) is 0 Å². The Kier molecular flexibility index (Phi) is 11.4. The number of benzene rings is 10. The Morgan fingerprint density at radius 1 is 0.257 bits per heavy atom. The maximum absolute atomic E-state index is 5.37. The molecular formula is C66H44N8. The van der Waals surface area contributed by atoms with Crippen LogP contribution in [0.5, 0.6) is 0 Å². The number of rotatable bonds is 11. The van der Waals surface area contributed by atoms with Crippen molar-refractivity contribution in [1.29, 1.82) is 0 Å². The maximum Gasteiger partial charge on any atom is 0.202 e. The van der Waals surface area contributed by atoms with Gasteiger partial charge in [0.05, 0.1) is 16.7 Å². The number of hydrogen-bond donors (Lipinski definition) is 0. The number of hydrogen-bond acceptors (Lipinski definition) is 7. The molecule has 0 aliphatic heterocycles. The number of fused-ring (bicyclic) bond motifs is 3. The summed E-state index contributed by atoms with van der Waals surface area (Å²) in [5, 5.41) is 2.18. The van der Waals surface area contributed by atoms with Gasteiger partial charge >= 0.3 is 0 Å². The lowest BCUT2D eigenvalue weighted by atomic mass is 10.0. The lowest BCUT2D eigenvalue weighted by molar-refractivity contribution is 1.00. The van der Waals surface area contributed by atoms with Crippen LogP contribution in [0, 0.1) is 0 Å². The van der Waals surface area contributed by atoms with Crippen LogP contribution in [-0.4, -0.2) is 34.5 Å². The SMILES string of the molecule is c1ccc(-c2ccc(N(c3ccc(-c4ccccc4)cc3)c3cc(-c4nc(-c5ccccc5)nc(-c5nc(-c6ccccc6)nc(-c6ccccc6)n5)n4)cc4c3c3ccccc3n4-c3ccccc3)cc2)cc1. The first-order valence-electron chi connectivity index (χ1n) is 24.6. The Labute approximate surface area is 428 Å². The monoisotopic (exact) mass is 948 g/mol. The van der Waals surface area contributed by atoms with E-state index in [0.717, 1.165) is 89.1 Å². The quantitative estimate of drug-likeness (QED) is 0.128. The van der Waals surface area contributed by atoms with E-state index in [0.29, 0.717) is 34.9 Å². The van der Waals surface area contributed by atoms with Gasteiger partial charge in [0.2, 0.25) is 11.6 Å². The highest BCUT2D eigenvalue weighted by Crippen LogP contribution is 2.46. The van der Waals surface area contributed by atoms with Gasteiger partial charge in [0, 0.05) is 50.1 Å². The molecular weight excluding hydrogens is 905 g/mol. The van der Waals surface area contributed by atoms with Gasteiger partial charge in [-0.1, -0.05) is 212 Å². The molecule has 10 aromatic carbocycles. The zero-order valence-corrected chi connectivity index (χ0v) is 40.0. The lowest BCUT2D eigenvalue weighted by Gasteiger charge is -2.27. The molecule has 0 radical (unpaired) electrons. The van der Waals surface area contributed by atoms with Gasteiger partial charge in [-0.25, -0.2) is 29.9 Å². The van der Waals surface area contributed by atoms with Crippen LogP contribution in [0.1, 0.15) is 0 Å². The maximum atomic E-state index is 5.37. The van der Waals surface area contributed by atoms with Gasteiger partial charge in [-0.3, -0.25) is 0 Å². The van der Waals surface area contributed by atoms with Crippen LogP contribution in [-0.2, 0) is 0 Å². The van der Waals surface area contributed by atoms with Crippen LogP contribution < -0.4 is 4.90 Å². The zero-order chi connectivity index (χ0) is 49.2. The van der Waals surface area contributed by atoms with Crippen LogP contribution in [0.4, 0.5) is 17.1 Å². The highest BCUT2D eigenvalue weighted by Gasteiger charge is 2.25. The van der Waals surface area contributed by atoms with Gasteiger partial charge in [0.1, 0.15) is 0 Å². The van der Waals surface area contributed by atoms with Gasteiger partial charge in [-0.2, -0.15) is 0 Å². The van der Waals surface area contributed by atoms with E-state index in [9.17, 15) is 0 Å². The predicted molar refractivity (Wildman–Crippen MR) is 300 cm³/mol. The molecule has 3 aromatic heterocycles. The summed E-state index contributed by atoms with van der Waals surface area (Å²) in [4.78, 5) is 33.4. The molecule has 0 bridgehead atoms. The van der Waals surface area contributed by atoms with Crippen LogP contribution in [0.25, 0.3) is 107 Å². The molecule has 8 nitrogen and oxygen atoms in total. The molecule has 3 heterocycles. The predicted octanol–water partition coefficient (Wildman–Crippen LogP) is 16.3. The van der Waals surface area contributed by atoms with E-state index in [-0.39, 0.29) is 0 Å². The van der Waals surface area contributed by atoms with Crippen molar-refractivity contribution in [2.45, 2.75) is 0 Å². The van der Waals surface area contributed by atoms with Gasteiger partial charge in [0.15, 0.2) is 23.3 Å². The molecule has 0 atom stereocenters. The van der Waals surface area contributed by atoms with Gasteiger partial charge in [-0.15, -0.1) is 0 Å². The summed E-state index contributed by atoms with van der Waals surface area (Å²) in [6.07, 6.45) is 0. The fourth-order valence-corrected chi connectivity index (χ4v) is 9.76. The molecule has 0 aliphatic carbocycles. The second kappa shape index (κ2) is 19.2. The third kappa shape index (κ3) is 8.42. The largest absolute Gasteiger partial charge is 0.310 e. The first-order valence-corrected chi connectivity index (χ1v) is 24.6. The van der Waals surface area contributed by atoms with Crippen LogP contribution in [0.15, 0.2) is 267 Å². The Morgan fingerprint density at radius 2 is 0.595 bits per heavy atom. The molecule has 0 unspecified atom stereocenters. The topological polar surface area (TPSA) is 85.5 Å². The minimum Gasteiger partial charge on any atom is -0.310 e. The smallest absolute Gasteiger partial charge is 0.202 e. The van der Waals surface area contributed by atoms with E-state index in [1.807, 2.05) is 91.0 Å². The summed E-state index contributed by atoms with van der Waals surface area (Å²) < 4.78 is 2.34. The second-order valence-corrected chi connectivity index (χ2v) is 17.9. The first-order chi connectivity index (χ1) is 36.7. The normalized spacial score (nSPS) is 11.2. The fraction of sp³-hybridized carbons (Fsp3) is 0. The average molecular weight is 949 g/mol. The molecule has 0 aliphatic rings. The average Bonchev–Trinajstić information content (AvgIpc) is 3.83. The van der Waals surface area contributed by atoms with Crippen molar-refractivity contribution in [3.63, 3.8) is 0 Å². The van der Waals surface area contributed by atoms with E-state index in [4.69, 9.17) is 29.9 Å². The lowest BCUT2D eigenvalue weighted by Crippen LogP contribution is -2.11. The third-order valence-electron chi connectivity index (χ3n) is 13.3. The van der Waals surface area contributed by atoms with Crippen molar-refractivity contribution in [3.8, 4) is 85.1 Å². The minimum atomic E-state index is 0.320. The summed E-state index contributed by atoms with van der Waals surface area (Å²) in [6, 6.07) is 92.2. The molecule has 0 spiro atoms. The molecule has 0 fully saturated rings. The van der Waals surface area contributed by atoms with Crippen LogP contribution >= 0.6 is 0 Å². The molecule has 0 N–H and O–H groups in total. The minimum absolute atomic E-state index is 0.320. The molecule has 348 valence electrons. The number of nitrogens with zero attached hydrogens (tertiary/aromatic N) is 8. The number of anilines is 3. The Hall–Kier alpha value is -10.2. The van der Waals surface area contributed by atoms with E-state index in [2.05, 4.69) is 185 Å². The molecule has 0 saturated carbocycles. The van der Waals surface area contributed by atoms with Crippen LogP contribution in [0.3, 0.4) is 0 Å². The molecule has 0 amide bonds. The Balaban J connectivity index is 1.09. The van der Waals surface area contributed by atoms with Gasteiger partial charge in [0.25, 0.3) is 0 Å². The summed E-state index contributed by atoms with van der Waals surface area (Å²) in [7, 11) is 0. The summed E-state index contributed by atoms with van der Waals surface area (Å²) in [5.74, 6) is 2.63. The standard InChI is InChI=1S/C66H44N8/c1-7-21-45(22-8-1)47-35-39-54(40-36-47)73(55-41-37-48(38-42-55)46-23-9-2-10-24-46)58-43-52(44-59-60(58)56-33-19-20-34-57(56)74(59)53-31-17-6-18-32-53)64-68-63(51-29-15-5-16-30-51)71-66(72-64)65-69-61(49-25-11-3-12-26-49)67-62(70-65)50-27-13-4-14-28-50/h1-44H. The highest BCUT2D eigenvalue weighted by atomic mass is 15.2. The van der Waals surface area contributed by atoms with Crippen molar-refractivity contribution >= 4 is 38.9 Å². The van der Waals surface area contributed by atoms with Crippen molar-refractivity contribution in [2.75, 3.05) is 4.90 Å². The van der Waals surface area contributed by atoms with Crippen molar-refractivity contribution in [1.82, 2.24) is 34.5 Å². The van der Waals surface area contributed by atoms with E-state index in [1.165, 1.54) is 0 Å². The molecule has 74 heavy (non-hydrogen) atoms. The Bertz CT molecular complexity index is 3940. The fourth-order valence-electron chi connectivity index (χ4n) is 9.76. The molecule has 13 rings (SSSR count). The van der Waals surface area contributed by atoms with Crippen molar-refractivity contribution in [3.05, 3.63) is 267 Å². The first kappa shape index (κ1) is 43.8. The molecule has 8 heteroatoms. The Morgan fingerprint density at radius 3 is 1.03 bits per heavy atom. The van der Waals surface area contributed by atoms with Gasteiger partial charge in [-0.05, 0) is 76.9 Å². The molecule has 0 saturated heterocycles. The third-order valence-corrected chi connectivity index (χ3v) is 13.3. The van der Waals surface area contributed by atoms with E-state index >= 15 is 0 Å². The zero-order valence-electron chi connectivity index (χ0n) is 40.0. The van der Waals surface area contributed by atoms with Crippen molar-refractivity contribution < 1.29 is 0 Å². The van der Waals surface area contributed by atoms with Crippen LogP contribution in [0.2, 0.25) is 0 Å². The highest BCUT2D eigenvalue weighted by molar-refractivity contribution is 6.17. The van der Waals surface area contributed by atoms with Gasteiger partial charge < -0.3 is 9.47 Å². The second-order valence-electron chi connectivity index (χ2n) is 17.9. The molecule has 13 aromatic rings. The number of para-hydroxylation sites is 2. The van der Waals surface area contributed by atoms with E-state index < -0.39 is 0 Å².